The van der Waals surface area contributed by atoms with E-state index in [1.54, 1.807) is 0 Å². The summed E-state index contributed by atoms with van der Waals surface area (Å²) < 4.78 is 5.53. The van der Waals surface area contributed by atoms with Crippen molar-refractivity contribution in [3.05, 3.63) is 29.8 Å². The van der Waals surface area contributed by atoms with Gasteiger partial charge in [-0.15, -0.1) is 0 Å². The summed E-state index contributed by atoms with van der Waals surface area (Å²) in [7, 11) is 0. The standard InChI is InChI=1S/C23H35N3O2/c1-2-28-22-9-5-18(6-10-22)16-25-14-11-21(12-15-25)26-13-3-4-19(17-26)23(27)24-20-7-8-20/h5-6,9-10,19-21H,2-4,7-8,11-17H2,1H3,(H,24,27)/t19-/m0/s1. The summed E-state index contributed by atoms with van der Waals surface area (Å²) in [5.41, 5.74) is 1.36. The van der Waals surface area contributed by atoms with Crippen LogP contribution in [0.25, 0.3) is 0 Å². The highest BCUT2D eigenvalue weighted by atomic mass is 16.5. The highest BCUT2D eigenvalue weighted by Gasteiger charge is 2.33. The Bertz CT molecular complexity index is 636. The van der Waals surface area contributed by atoms with Crippen LogP contribution in [0.4, 0.5) is 0 Å². The molecule has 2 heterocycles. The van der Waals surface area contributed by atoms with Crippen molar-refractivity contribution >= 4 is 5.91 Å². The third kappa shape index (κ3) is 5.26. The molecule has 2 saturated heterocycles. The Balaban J connectivity index is 1.22. The second-order valence-electron chi connectivity index (χ2n) is 8.70. The van der Waals surface area contributed by atoms with E-state index >= 15 is 0 Å². The zero-order valence-corrected chi connectivity index (χ0v) is 17.2. The van der Waals surface area contributed by atoms with Crippen LogP contribution in [-0.2, 0) is 11.3 Å². The summed E-state index contributed by atoms with van der Waals surface area (Å²) >= 11 is 0. The second-order valence-corrected chi connectivity index (χ2v) is 8.70. The van der Waals surface area contributed by atoms with Crippen molar-refractivity contribution in [2.24, 2.45) is 5.92 Å². The van der Waals surface area contributed by atoms with E-state index in [1.165, 1.54) is 31.2 Å². The zero-order valence-electron chi connectivity index (χ0n) is 17.2. The van der Waals surface area contributed by atoms with Crippen LogP contribution in [0, 0.1) is 5.92 Å². The summed E-state index contributed by atoms with van der Waals surface area (Å²) in [6, 6.07) is 9.65. The molecular weight excluding hydrogens is 350 g/mol. The highest BCUT2D eigenvalue weighted by molar-refractivity contribution is 5.79. The first kappa shape index (κ1) is 19.7. The van der Waals surface area contributed by atoms with Gasteiger partial charge in [0.15, 0.2) is 0 Å². The fourth-order valence-corrected chi connectivity index (χ4v) is 4.66. The molecule has 0 bridgehead atoms. The van der Waals surface area contributed by atoms with Crippen LogP contribution >= 0.6 is 0 Å². The van der Waals surface area contributed by atoms with Gasteiger partial charge in [-0.05, 0) is 82.8 Å². The van der Waals surface area contributed by atoms with E-state index in [-0.39, 0.29) is 5.92 Å². The average molecular weight is 386 g/mol. The Kier molecular flexibility index (Phi) is 6.53. The molecule has 3 aliphatic rings. The topological polar surface area (TPSA) is 44.8 Å². The van der Waals surface area contributed by atoms with E-state index < -0.39 is 0 Å². The SMILES string of the molecule is CCOc1ccc(CN2CCC(N3CCC[C@H](C(=O)NC4CC4)C3)CC2)cc1. The lowest BCUT2D eigenvalue weighted by Crippen LogP contribution is -2.50. The van der Waals surface area contributed by atoms with E-state index in [4.69, 9.17) is 4.74 Å². The van der Waals surface area contributed by atoms with Crippen LogP contribution in [0.15, 0.2) is 24.3 Å². The number of benzene rings is 1. The molecule has 1 saturated carbocycles. The molecule has 2 aliphatic heterocycles. The van der Waals surface area contributed by atoms with Crippen LogP contribution in [0.1, 0.15) is 51.0 Å². The molecule has 0 unspecified atom stereocenters. The normalized spacial score (nSPS) is 24.8. The van der Waals surface area contributed by atoms with Crippen molar-refractivity contribution in [1.29, 1.82) is 0 Å². The molecule has 1 N–H and O–H groups in total. The van der Waals surface area contributed by atoms with Gasteiger partial charge in [0.2, 0.25) is 5.91 Å². The first-order valence-electron chi connectivity index (χ1n) is 11.2. The van der Waals surface area contributed by atoms with Gasteiger partial charge in [-0.1, -0.05) is 12.1 Å². The molecule has 0 radical (unpaired) electrons. The van der Waals surface area contributed by atoms with Gasteiger partial charge >= 0.3 is 0 Å². The molecule has 3 fully saturated rings. The monoisotopic (exact) mass is 385 g/mol. The van der Waals surface area contributed by atoms with Gasteiger partial charge in [-0.25, -0.2) is 0 Å². The number of hydrogen-bond acceptors (Lipinski definition) is 4. The molecule has 0 aromatic heterocycles. The number of rotatable bonds is 7. The Morgan fingerprint density at radius 3 is 2.50 bits per heavy atom. The van der Waals surface area contributed by atoms with Gasteiger partial charge in [0.25, 0.3) is 0 Å². The van der Waals surface area contributed by atoms with Gasteiger partial charge in [-0.3, -0.25) is 14.6 Å². The number of carbonyl (C=O) groups is 1. The average Bonchev–Trinajstić information content (AvgIpc) is 3.54. The predicted molar refractivity (Wildman–Crippen MR) is 111 cm³/mol. The Morgan fingerprint density at radius 1 is 1.07 bits per heavy atom. The zero-order chi connectivity index (χ0) is 19.3. The Morgan fingerprint density at radius 2 is 1.82 bits per heavy atom. The number of likely N-dealkylation sites (tertiary alicyclic amines) is 2. The fourth-order valence-electron chi connectivity index (χ4n) is 4.66. The van der Waals surface area contributed by atoms with Crippen LogP contribution in [0.3, 0.4) is 0 Å². The lowest BCUT2D eigenvalue weighted by molar-refractivity contribution is -0.127. The third-order valence-corrected chi connectivity index (χ3v) is 6.46. The van der Waals surface area contributed by atoms with E-state index in [0.717, 1.165) is 51.3 Å². The third-order valence-electron chi connectivity index (χ3n) is 6.46. The van der Waals surface area contributed by atoms with Crippen molar-refractivity contribution in [2.45, 2.75) is 64.1 Å². The van der Waals surface area contributed by atoms with Crippen molar-refractivity contribution in [3.8, 4) is 5.75 Å². The minimum absolute atomic E-state index is 0.205. The minimum atomic E-state index is 0.205. The second kappa shape index (κ2) is 9.27. The van der Waals surface area contributed by atoms with Crippen molar-refractivity contribution in [1.82, 2.24) is 15.1 Å². The van der Waals surface area contributed by atoms with E-state index in [1.807, 2.05) is 6.92 Å². The molecule has 0 spiro atoms. The quantitative estimate of drug-likeness (QED) is 0.784. The molecule has 1 aliphatic carbocycles. The molecule has 5 heteroatoms. The molecule has 154 valence electrons. The van der Waals surface area contributed by atoms with Gasteiger partial charge in [0.05, 0.1) is 12.5 Å². The highest BCUT2D eigenvalue weighted by Crippen LogP contribution is 2.26. The molecule has 4 rings (SSSR count). The van der Waals surface area contributed by atoms with Gasteiger partial charge in [0, 0.05) is 25.2 Å². The van der Waals surface area contributed by atoms with Crippen molar-refractivity contribution in [2.75, 3.05) is 32.8 Å². The van der Waals surface area contributed by atoms with Gasteiger partial charge in [-0.2, -0.15) is 0 Å². The maximum absolute atomic E-state index is 12.4. The lowest BCUT2D eigenvalue weighted by atomic mass is 9.93. The Labute approximate surface area is 169 Å². The molecule has 1 amide bonds. The number of carbonyl (C=O) groups excluding carboxylic acids is 1. The lowest BCUT2D eigenvalue weighted by Gasteiger charge is -2.42. The molecule has 5 nitrogen and oxygen atoms in total. The van der Waals surface area contributed by atoms with Crippen LogP contribution in [-0.4, -0.2) is 60.6 Å². The first-order chi connectivity index (χ1) is 13.7. The molecule has 28 heavy (non-hydrogen) atoms. The fraction of sp³-hybridized carbons (Fsp3) is 0.696. The molecule has 1 aromatic carbocycles. The summed E-state index contributed by atoms with van der Waals surface area (Å²) in [5, 5.41) is 3.21. The summed E-state index contributed by atoms with van der Waals surface area (Å²) in [6.45, 7) is 8.17. The number of ether oxygens (including phenoxy) is 1. The summed E-state index contributed by atoms with van der Waals surface area (Å²) in [4.78, 5) is 17.6. The molecular formula is C23H35N3O2. The van der Waals surface area contributed by atoms with Crippen molar-refractivity contribution in [3.63, 3.8) is 0 Å². The largest absolute Gasteiger partial charge is 0.494 e. The van der Waals surface area contributed by atoms with Crippen LogP contribution in [0.5, 0.6) is 5.75 Å². The smallest absolute Gasteiger partial charge is 0.224 e. The van der Waals surface area contributed by atoms with E-state index in [0.29, 0.717) is 24.6 Å². The van der Waals surface area contributed by atoms with Gasteiger partial charge < -0.3 is 10.1 Å². The first-order valence-corrected chi connectivity index (χ1v) is 11.2. The number of piperidine rings is 2. The number of amides is 1. The minimum Gasteiger partial charge on any atom is -0.494 e. The summed E-state index contributed by atoms with van der Waals surface area (Å²) in [5.74, 6) is 1.46. The Hall–Kier alpha value is -1.59. The maximum Gasteiger partial charge on any atom is 0.224 e. The number of hydrogen-bond donors (Lipinski definition) is 1. The van der Waals surface area contributed by atoms with Crippen molar-refractivity contribution < 1.29 is 9.53 Å². The number of nitrogens with zero attached hydrogens (tertiary/aromatic N) is 2. The number of nitrogens with one attached hydrogen (secondary N) is 1. The van der Waals surface area contributed by atoms with Gasteiger partial charge in [0.1, 0.15) is 5.75 Å². The molecule has 1 aromatic rings. The predicted octanol–water partition coefficient (Wildman–Crippen LogP) is 3.04. The van der Waals surface area contributed by atoms with Crippen LogP contribution in [0.2, 0.25) is 0 Å². The van der Waals surface area contributed by atoms with E-state index in [9.17, 15) is 4.79 Å². The summed E-state index contributed by atoms with van der Waals surface area (Å²) in [6.07, 6.45) is 7.01. The molecule has 1 atom stereocenters. The van der Waals surface area contributed by atoms with E-state index in [2.05, 4.69) is 39.4 Å². The maximum atomic E-state index is 12.4. The van der Waals surface area contributed by atoms with Crippen LogP contribution < -0.4 is 10.1 Å².